The number of carbonyl (C=O) groups is 1. The zero-order valence-electron chi connectivity index (χ0n) is 19.5. The third-order valence-corrected chi connectivity index (χ3v) is 8.27. The molecular weight excluding hydrogens is 424 g/mol. The standard InChI is InChI=1S/C25H34N2O6/c1-13(28)11-26-23(31)14(2)20(30)22-25-8-9-27(12-15-4-5-15)18(24(25,3)32)10-16-6-7-17(29)21(33-22)19(16)25/h6-7,13,15,18,22,28-30,32H,4-5,8-12H2,1-3H3,(H,26,31)/b20-14-/t13?,18-,22+,24-,25+/m1/s1. The molecule has 2 bridgehead atoms. The molecule has 0 radical (unpaired) electrons. The fourth-order valence-corrected chi connectivity index (χ4v) is 6.26. The van der Waals surface area contributed by atoms with Gasteiger partial charge in [0.1, 0.15) is 5.76 Å². The van der Waals surface area contributed by atoms with Gasteiger partial charge in [0.2, 0.25) is 0 Å². The Labute approximate surface area is 193 Å². The molecule has 1 spiro atoms. The molecule has 2 fully saturated rings. The Morgan fingerprint density at radius 3 is 2.76 bits per heavy atom. The molecule has 1 aromatic carbocycles. The van der Waals surface area contributed by atoms with Crippen molar-refractivity contribution in [2.24, 2.45) is 5.92 Å². The second-order valence-electron chi connectivity index (χ2n) is 10.5. The summed E-state index contributed by atoms with van der Waals surface area (Å²) >= 11 is 0. The lowest BCUT2D eigenvalue weighted by Crippen LogP contribution is -2.73. The summed E-state index contributed by atoms with van der Waals surface area (Å²) in [6.07, 6.45) is 1.90. The van der Waals surface area contributed by atoms with Gasteiger partial charge >= 0.3 is 0 Å². The maximum atomic E-state index is 12.7. The van der Waals surface area contributed by atoms with Crippen LogP contribution in [0.4, 0.5) is 0 Å². The predicted octanol–water partition coefficient (Wildman–Crippen LogP) is 1.51. The van der Waals surface area contributed by atoms with Gasteiger partial charge in [0.25, 0.3) is 5.91 Å². The zero-order valence-corrected chi connectivity index (χ0v) is 19.5. The number of phenolic OH excluding ortho intramolecular Hbond substituents is 1. The Kier molecular flexibility index (Phi) is 5.19. The first-order valence-corrected chi connectivity index (χ1v) is 11.9. The monoisotopic (exact) mass is 458 g/mol. The number of amides is 1. The molecule has 8 heteroatoms. The van der Waals surface area contributed by atoms with Crippen LogP contribution in [-0.4, -0.2) is 74.7 Å². The van der Waals surface area contributed by atoms with Gasteiger partial charge in [-0.05, 0) is 70.5 Å². The maximum Gasteiger partial charge on any atom is 0.250 e. The number of nitrogens with one attached hydrogen (secondary N) is 1. The van der Waals surface area contributed by atoms with Crippen molar-refractivity contribution >= 4 is 5.91 Å². The molecule has 0 aromatic heterocycles. The number of hydrogen-bond donors (Lipinski definition) is 5. The minimum atomic E-state index is -1.25. The lowest BCUT2D eigenvalue weighted by molar-refractivity contribution is -0.153. The highest BCUT2D eigenvalue weighted by atomic mass is 16.5. The number of hydrogen-bond acceptors (Lipinski definition) is 7. The quantitative estimate of drug-likeness (QED) is 0.324. The molecule has 4 aliphatic rings. The average molecular weight is 459 g/mol. The lowest BCUT2D eigenvalue weighted by atomic mass is 9.53. The van der Waals surface area contributed by atoms with Crippen molar-refractivity contribution in [3.63, 3.8) is 0 Å². The Morgan fingerprint density at radius 2 is 2.09 bits per heavy atom. The van der Waals surface area contributed by atoms with Gasteiger partial charge in [0, 0.05) is 24.7 Å². The Balaban J connectivity index is 1.60. The molecule has 5 N–H and O–H groups in total. The van der Waals surface area contributed by atoms with Gasteiger partial charge in [-0.15, -0.1) is 0 Å². The fourth-order valence-electron chi connectivity index (χ4n) is 6.26. The minimum absolute atomic E-state index is 0.0331. The van der Waals surface area contributed by atoms with E-state index in [2.05, 4.69) is 10.2 Å². The number of aliphatic hydroxyl groups is 3. The van der Waals surface area contributed by atoms with Gasteiger partial charge in [-0.25, -0.2) is 0 Å². The van der Waals surface area contributed by atoms with Gasteiger partial charge in [0.15, 0.2) is 17.6 Å². The summed E-state index contributed by atoms with van der Waals surface area (Å²) in [6, 6.07) is 3.34. The number of fused-ring (bicyclic) bond motifs is 1. The number of ether oxygens (including phenoxy) is 1. The van der Waals surface area contributed by atoms with Gasteiger partial charge in [-0.3, -0.25) is 9.69 Å². The number of aromatic hydroxyl groups is 1. The molecule has 1 saturated carbocycles. The summed E-state index contributed by atoms with van der Waals surface area (Å²) in [5.74, 6) is 0.170. The summed E-state index contributed by atoms with van der Waals surface area (Å²) in [4.78, 5) is 15.0. The number of piperidine rings is 1. The first-order chi connectivity index (χ1) is 15.6. The second-order valence-corrected chi connectivity index (χ2v) is 10.5. The summed E-state index contributed by atoms with van der Waals surface area (Å²) in [5, 5.41) is 46.1. The van der Waals surface area contributed by atoms with Crippen LogP contribution in [0.15, 0.2) is 23.5 Å². The molecule has 1 amide bonds. The van der Waals surface area contributed by atoms with E-state index in [4.69, 9.17) is 4.74 Å². The third-order valence-electron chi connectivity index (χ3n) is 8.27. The molecule has 1 unspecified atom stereocenters. The van der Waals surface area contributed by atoms with E-state index < -0.39 is 29.1 Å². The Bertz CT molecular complexity index is 1010. The van der Waals surface area contributed by atoms with Crippen LogP contribution in [0.5, 0.6) is 11.5 Å². The van der Waals surface area contributed by atoms with E-state index in [1.165, 1.54) is 19.8 Å². The van der Waals surface area contributed by atoms with Crippen molar-refractivity contribution in [1.82, 2.24) is 10.2 Å². The fraction of sp³-hybridized carbons (Fsp3) is 0.640. The molecule has 1 aromatic rings. The van der Waals surface area contributed by atoms with E-state index >= 15 is 0 Å². The molecule has 2 heterocycles. The first-order valence-electron chi connectivity index (χ1n) is 11.9. The normalized spacial score (nSPS) is 34.2. The van der Waals surface area contributed by atoms with Gasteiger partial charge in [0.05, 0.1) is 22.7 Å². The van der Waals surface area contributed by atoms with Gasteiger partial charge in [-0.1, -0.05) is 6.07 Å². The van der Waals surface area contributed by atoms with E-state index in [0.29, 0.717) is 18.8 Å². The van der Waals surface area contributed by atoms with Crippen LogP contribution in [0.25, 0.3) is 0 Å². The van der Waals surface area contributed by atoms with E-state index in [0.717, 1.165) is 24.2 Å². The highest BCUT2D eigenvalue weighted by molar-refractivity contribution is 5.93. The van der Waals surface area contributed by atoms with Crippen molar-refractivity contribution in [2.45, 2.75) is 75.7 Å². The van der Waals surface area contributed by atoms with Crippen LogP contribution in [0.1, 0.15) is 51.2 Å². The summed E-state index contributed by atoms with van der Waals surface area (Å²) in [5.41, 5.74) is -0.409. The molecule has 180 valence electrons. The highest BCUT2D eigenvalue weighted by Crippen LogP contribution is 2.63. The average Bonchev–Trinajstić information content (AvgIpc) is 3.50. The maximum absolute atomic E-state index is 12.7. The highest BCUT2D eigenvalue weighted by Gasteiger charge is 2.69. The van der Waals surface area contributed by atoms with E-state index in [1.54, 1.807) is 13.0 Å². The molecule has 5 rings (SSSR count). The van der Waals surface area contributed by atoms with Crippen molar-refractivity contribution in [1.29, 1.82) is 0 Å². The summed E-state index contributed by atoms with van der Waals surface area (Å²) < 4.78 is 6.20. The molecule has 8 nitrogen and oxygen atoms in total. The van der Waals surface area contributed by atoms with Crippen molar-refractivity contribution in [2.75, 3.05) is 19.6 Å². The van der Waals surface area contributed by atoms with Crippen molar-refractivity contribution in [3.8, 4) is 11.5 Å². The van der Waals surface area contributed by atoms with Crippen LogP contribution < -0.4 is 10.1 Å². The Hall–Kier alpha value is -2.29. The molecule has 2 aliphatic carbocycles. The van der Waals surface area contributed by atoms with Crippen LogP contribution in [0.3, 0.4) is 0 Å². The minimum Gasteiger partial charge on any atom is -0.508 e. The SMILES string of the molecule is C/C(C(=O)NCC(C)O)=C(/O)[C@@H]1Oc2c(O)ccc3c2[C@@]12CCN(CC1CC1)[C@H](C3)[C@@]2(C)O. The smallest absolute Gasteiger partial charge is 0.250 e. The number of aliphatic hydroxyl groups excluding tert-OH is 2. The first kappa shape index (κ1) is 22.5. The third kappa shape index (κ3) is 3.26. The molecule has 2 aliphatic heterocycles. The molecular formula is C25H34N2O6. The second kappa shape index (κ2) is 7.61. The Morgan fingerprint density at radius 1 is 1.36 bits per heavy atom. The lowest BCUT2D eigenvalue weighted by Gasteiger charge is -2.59. The molecule has 33 heavy (non-hydrogen) atoms. The molecule has 1 saturated heterocycles. The van der Waals surface area contributed by atoms with E-state index in [1.807, 2.05) is 13.0 Å². The van der Waals surface area contributed by atoms with Gasteiger partial charge in [-0.2, -0.15) is 0 Å². The number of rotatable bonds is 6. The number of benzene rings is 1. The predicted molar refractivity (Wildman–Crippen MR) is 121 cm³/mol. The van der Waals surface area contributed by atoms with Crippen LogP contribution in [0, 0.1) is 5.92 Å². The number of phenols is 1. The van der Waals surface area contributed by atoms with Gasteiger partial charge < -0.3 is 30.5 Å². The number of likely N-dealkylation sites (tertiary alicyclic amines) is 1. The van der Waals surface area contributed by atoms with Crippen LogP contribution in [0.2, 0.25) is 0 Å². The van der Waals surface area contributed by atoms with Crippen LogP contribution >= 0.6 is 0 Å². The van der Waals surface area contributed by atoms with Crippen molar-refractivity contribution in [3.05, 3.63) is 34.6 Å². The number of carbonyl (C=O) groups excluding carboxylic acids is 1. The zero-order chi connectivity index (χ0) is 23.7. The van der Waals surface area contributed by atoms with E-state index in [-0.39, 0.29) is 35.4 Å². The van der Waals surface area contributed by atoms with E-state index in [9.17, 15) is 25.2 Å². The number of nitrogens with zero attached hydrogens (tertiary/aromatic N) is 1. The van der Waals surface area contributed by atoms with Crippen LogP contribution in [-0.2, 0) is 16.6 Å². The molecule has 5 atom stereocenters. The summed E-state index contributed by atoms with van der Waals surface area (Å²) in [6.45, 7) is 6.63. The topological polar surface area (TPSA) is 122 Å². The van der Waals surface area contributed by atoms with Crippen molar-refractivity contribution < 1.29 is 30.0 Å². The summed E-state index contributed by atoms with van der Waals surface area (Å²) in [7, 11) is 0. The largest absolute Gasteiger partial charge is 0.508 e.